The fourth-order valence-electron chi connectivity index (χ4n) is 3.85. The van der Waals surface area contributed by atoms with Gasteiger partial charge in [0.05, 0.1) is 21.6 Å². The van der Waals surface area contributed by atoms with Crippen molar-refractivity contribution < 1.29 is 31.3 Å². The molecule has 35 heavy (non-hydrogen) atoms. The molecule has 0 radical (unpaired) electrons. The first kappa shape index (κ1) is 23.1. The standard InChI is InChI=1S/C22H15ClF5N5O2/c23-11-6-12(24)19-17(18(11)26)15(9-29-19)31-21(34)14-7-16(35-32-14)10-5-13(25)20(30-8-10)33-3-1-22(27,28)2-4-33/h5-9,29H,1-4H2,(H,31,34). The molecule has 1 aromatic carbocycles. The number of carbonyl (C=O) groups is 1. The lowest BCUT2D eigenvalue weighted by atomic mass is 10.1. The summed E-state index contributed by atoms with van der Waals surface area (Å²) in [6.45, 7) is -0.0706. The number of hydrogen-bond donors (Lipinski definition) is 2. The molecule has 4 aromatic rings. The van der Waals surface area contributed by atoms with Gasteiger partial charge in [0.1, 0.15) is 5.82 Å². The van der Waals surface area contributed by atoms with Crippen molar-refractivity contribution in [3.8, 4) is 11.3 Å². The molecule has 1 fully saturated rings. The van der Waals surface area contributed by atoms with Crippen LogP contribution in [0.3, 0.4) is 0 Å². The third-order valence-corrected chi connectivity index (χ3v) is 5.97. The molecule has 1 amide bonds. The molecule has 13 heteroatoms. The van der Waals surface area contributed by atoms with Crippen LogP contribution in [0.15, 0.2) is 35.1 Å². The Hall–Kier alpha value is -3.67. The summed E-state index contributed by atoms with van der Waals surface area (Å²) in [5.74, 6) is -6.09. The Morgan fingerprint density at radius 1 is 1.14 bits per heavy atom. The summed E-state index contributed by atoms with van der Waals surface area (Å²) in [5, 5.41) is 5.33. The monoisotopic (exact) mass is 511 g/mol. The molecule has 1 aliphatic rings. The number of alkyl halides is 2. The van der Waals surface area contributed by atoms with E-state index in [4.69, 9.17) is 16.1 Å². The van der Waals surface area contributed by atoms with Gasteiger partial charge in [0, 0.05) is 50.0 Å². The SMILES string of the molecule is O=C(Nc1c[nH]c2c(F)cc(Cl)c(F)c12)c1cc(-c2cnc(N3CCC(F)(F)CC3)c(F)c2)on1. The van der Waals surface area contributed by atoms with E-state index in [1.165, 1.54) is 23.4 Å². The molecular weight excluding hydrogens is 497 g/mol. The number of amides is 1. The second kappa shape index (κ2) is 8.52. The summed E-state index contributed by atoms with van der Waals surface area (Å²) in [7, 11) is 0. The Kier molecular flexibility index (Phi) is 5.62. The molecule has 1 saturated heterocycles. The zero-order valence-corrected chi connectivity index (χ0v) is 18.4. The Labute approximate surface area is 198 Å². The van der Waals surface area contributed by atoms with Crippen molar-refractivity contribution in [3.05, 3.63) is 58.8 Å². The molecule has 0 saturated carbocycles. The first-order valence-corrected chi connectivity index (χ1v) is 10.7. The molecule has 0 unspecified atom stereocenters. The summed E-state index contributed by atoms with van der Waals surface area (Å²) in [6, 6.07) is 3.12. The molecule has 0 bridgehead atoms. The summed E-state index contributed by atoms with van der Waals surface area (Å²) in [4.78, 5) is 20.6. The fourth-order valence-corrected chi connectivity index (χ4v) is 4.04. The van der Waals surface area contributed by atoms with Gasteiger partial charge < -0.3 is 19.7 Å². The van der Waals surface area contributed by atoms with Gasteiger partial charge in [0.25, 0.3) is 11.8 Å². The number of piperidine rings is 1. The molecule has 1 aliphatic heterocycles. The highest BCUT2D eigenvalue weighted by atomic mass is 35.5. The lowest BCUT2D eigenvalue weighted by molar-refractivity contribution is -0.0222. The van der Waals surface area contributed by atoms with Crippen LogP contribution in [0.5, 0.6) is 0 Å². The van der Waals surface area contributed by atoms with E-state index in [2.05, 4.69) is 20.4 Å². The number of halogens is 6. The van der Waals surface area contributed by atoms with Crippen molar-refractivity contribution in [3.63, 3.8) is 0 Å². The van der Waals surface area contributed by atoms with Gasteiger partial charge >= 0.3 is 0 Å². The van der Waals surface area contributed by atoms with Gasteiger partial charge in [-0.05, 0) is 12.1 Å². The second-order valence-electron chi connectivity index (χ2n) is 8.01. The summed E-state index contributed by atoms with van der Waals surface area (Å²) in [6.07, 6.45) is 1.68. The molecular formula is C22H15ClF5N5O2. The van der Waals surface area contributed by atoms with E-state index in [1.54, 1.807) is 0 Å². The van der Waals surface area contributed by atoms with E-state index < -0.39 is 47.1 Å². The predicted molar refractivity (Wildman–Crippen MR) is 117 cm³/mol. The van der Waals surface area contributed by atoms with Crippen LogP contribution >= 0.6 is 11.6 Å². The van der Waals surface area contributed by atoms with Crippen LogP contribution in [0.25, 0.3) is 22.2 Å². The minimum absolute atomic E-state index is 0.0115. The zero-order chi connectivity index (χ0) is 24.9. The zero-order valence-electron chi connectivity index (χ0n) is 17.6. The van der Waals surface area contributed by atoms with Gasteiger partial charge in [-0.3, -0.25) is 4.79 Å². The number of H-pyrrole nitrogens is 1. The third kappa shape index (κ3) is 4.29. The van der Waals surface area contributed by atoms with Gasteiger partial charge in [-0.15, -0.1) is 0 Å². The maximum Gasteiger partial charge on any atom is 0.277 e. The Bertz CT molecular complexity index is 1440. The average Bonchev–Trinajstić information content (AvgIpc) is 3.46. The van der Waals surface area contributed by atoms with Gasteiger partial charge in [-0.1, -0.05) is 16.8 Å². The number of nitrogens with one attached hydrogen (secondary N) is 2. The van der Waals surface area contributed by atoms with Gasteiger partial charge in [0.15, 0.2) is 28.9 Å². The highest BCUT2D eigenvalue weighted by Crippen LogP contribution is 2.34. The number of aromatic amines is 1. The number of benzene rings is 1. The first-order valence-electron chi connectivity index (χ1n) is 10.3. The number of fused-ring (bicyclic) bond motifs is 1. The van der Waals surface area contributed by atoms with Gasteiger partial charge in [-0.25, -0.2) is 26.9 Å². The number of aromatic nitrogens is 3. The minimum atomic E-state index is -2.78. The van der Waals surface area contributed by atoms with Gasteiger partial charge in [0.2, 0.25) is 0 Å². The number of hydrogen-bond acceptors (Lipinski definition) is 5. The normalized spacial score (nSPS) is 15.5. The van der Waals surface area contributed by atoms with Crippen molar-refractivity contribution in [2.45, 2.75) is 18.8 Å². The van der Waals surface area contributed by atoms with E-state index in [1.807, 2.05) is 0 Å². The van der Waals surface area contributed by atoms with E-state index in [-0.39, 0.29) is 52.5 Å². The molecule has 7 nitrogen and oxygen atoms in total. The highest BCUT2D eigenvalue weighted by molar-refractivity contribution is 6.31. The molecule has 0 atom stereocenters. The largest absolute Gasteiger partial charge is 0.357 e. The quantitative estimate of drug-likeness (QED) is 0.268. The molecule has 4 heterocycles. The number of pyridine rings is 1. The molecule has 3 aromatic heterocycles. The van der Waals surface area contributed by atoms with Crippen LogP contribution in [0.2, 0.25) is 5.02 Å². The second-order valence-corrected chi connectivity index (χ2v) is 8.42. The Balaban J connectivity index is 1.35. The molecule has 182 valence electrons. The summed E-state index contributed by atoms with van der Waals surface area (Å²) < 4.78 is 74.9. The summed E-state index contributed by atoms with van der Waals surface area (Å²) in [5.41, 5.74) is -0.313. The molecule has 0 spiro atoms. The van der Waals surface area contributed by atoms with E-state index in [0.29, 0.717) is 0 Å². The van der Waals surface area contributed by atoms with Crippen LogP contribution in [0, 0.1) is 17.5 Å². The lowest BCUT2D eigenvalue weighted by Crippen LogP contribution is -2.40. The van der Waals surface area contributed by atoms with Crippen molar-refractivity contribution in [1.29, 1.82) is 0 Å². The third-order valence-electron chi connectivity index (χ3n) is 5.69. The molecule has 2 N–H and O–H groups in total. The van der Waals surface area contributed by atoms with Crippen molar-refractivity contribution in [2.24, 2.45) is 0 Å². The van der Waals surface area contributed by atoms with Crippen LogP contribution in [-0.4, -0.2) is 40.0 Å². The summed E-state index contributed by atoms with van der Waals surface area (Å²) >= 11 is 5.69. The number of rotatable bonds is 4. The highest BCUT2D eigenvalue weighted by Gasteiger charge is 2.35. The van der Waals surface area contributed by atoms with Gasteiger partial charge in [-0.2, -0.15) is 0 Å². The maximum atomic E-state index is 14.7. The van der Waals surface area contributed by atoms with Crippen LogP contribution in [0.4, 0.5) is 33.5 Å². The Morgan fingerprint density at radius 3 is 2.60 bits per heavy atom. The van der Waals surface area contributed by atoms with Crippen LogP contribution in [0.1, 0.15) is 23.3 Å². The first-order chi connectivity index (χ1) is 16.6. The van der Waals surface area contributed by atoms with E-state index >= 15 is 0 Å². The fraction of sp³-hybridized carbons (Fsp3) is 0.227. The van der Waals surface area contributed by atoms with Crippen molar-refractivity contribution in [2.75, 3.05) is 23.3 Å². The van der Waals surface area contributed by atoms with Crippen LogP contribution in [-0.2, 0) is 0 Å². The topological polar surface area (TPSA) is 87.0 Å². The molecule has 0 aliphatic carbocycles. The number of anilines is 2. The maximum absolute atomic E-state index is 14.7. The van der Waals surface area contributed by atoms with Crippen LogP contribution < -0.4 is 10.2 Å². The van der Waals surface area contributed by atoms with E-state index in [9.17, 15) is 26.7 Å². The minimum Gasteiger partial charge on any atom is -0.357 e. The lowest BCUT2D eigenvalue weighted by Gasteiger charge is -2.32. The number of carbonyl (C=O) groups excluding carboxylic acids is 1. The van der Waals surface area contributed by atoms with Crippen molar-refractivity contribution in [1.82, 2.24) is 15.1 Å². The predicted octanol–water partition coefficient (Wildman–Crippen LogP) is 5.78. The smallest absolute Gasteiger partial charge is 0.277 e. The van der Waals surface area contributed by atoms with Crippen molar-refractivity contribution >= 4 is 39.9 Å². The van der Waals surface area contributed by atoms with E-state index in [0.717, 1.165) is 12.1 Å². The molecule has 5 rings (SSSR count). The Morgan fingerprint density at radius 2 is 1.89 bits per heavy atom. The number of nitrogens with zero attached hydrogens (tertiary/aromatic N) is 3. The average molecular weight is 512 g/mol.